The van der Waals surface area contributed by atoms with Crippen LogP contribution in [0.3, 0.4) is 0 Å². The molecule has 0 aromatic heterocycles. The van der Waals surface area contributed by atoms with Gasteiger partial charge in [0.1, 0.15) is 5.78 Å². The standard InChI is InChI=1S/C11H19NO.C11H21N.C10H19N/c1-8(2)12-4-3-9-5-10(12)7-11(13)6-9;1-9(2)12-7-10-4-3-5-11(6-10)8-12;1-8(2)11-6-5-9-3-4-10(11)7-9/h8-10H,3-7H2,1-2H3;9-11H,3-8H2,1-2H3;8-10H,3-7H2,1-2H3. The van der Waals surface area contributed by atoms with Crippen LogP contribution in [0.2, 0.25) is 0 Å². The van der Waals surface area contributed by atoms with Crippen molar-refractivity contribution in [3.8, 4) is 0 Å². The van der Waals surface area contributed by atoms with Gasteiger partial charge in [-0.2, -0.15) is 0 Å². The molecular formula is C32H59N3O. The Morgan fingerprint density at radius 3 is 1.78 bits per heavy atom. The monoisotopic (exact) mass is 501 g/mol. The molecule has 6 fully saturated rings. The second-order valence-corrected chi connectivity index (χ2v) is 14.2. The average molecular weight is 502 g/mol. The van der Waals surface area contributed by atoms with Crippen molar-refractivity contribution in [3.63, 3.8) is 0 Å². The maximum absolute atomic E-state index is 11.4. The Balaban J connectivity index is 0.000000127. The number of piperidine rings is 3. The van der Waals surface area contributed by atoms with Crippen molar-refractivity contribution in [2.75, 3.05) is 26.2 Å². The zero-order valence-electron chi connectivity index (χ0n) is 24.8. The summed E-state index contributed by atoms with van der Waals surface area (Å²) in [4.78, 5) is 19.3. The molecule has 0 N–H and O–H groups in total. The summed E-state index contributed by atoms with van der Waals surface area (Å²) in [6, 6.07) is 3.68. The van der Waals surface area contributed by atoms with Crippen LogP contribution in [-0.4, -0.2) is 76.9 Å². The average Bonchev–Trinajstić information content (AvgIpc) is 3.19. The minimum Gasteiger partial charge on any atom is -0.300 e. The fourth-order valence-electron chi connectivity index (χ4n) is 8.59. The van der Waals surface area contributed by atoms with E-state index in [0.29, 0.717) is 23.8 Å². The Kier molecular flexibility index (Phi) is 10.4. The molecule has 3 heterocycles. The lowest BCUT2D eigenvalue weighted by Gasteiger charge is -2.44. The van der Waals surface area contributed by atoms with Gasteiger partial charge in [0, 0.05) is 56.1 Å². The number of rotatable bonds is 3. The van der Waals surface area contributed by atoms with E-state index < -0.39 is 0 Å². The fraction of sp³-hybridized carbons (Fsp3) is 0.969. The fourth-order valence-corrected chi connectivity index (χ4v) is 8.59. The van der Waals surface area contributed by atoms with Gasteiger partial charge in [0.25, 0.3) is 0 Å². The summed E-state index contributed by atoms with van der Waals surface area (Å²) in [7, 11) is 0. The van der Waals surface area contributed by atoms with Gasteiger partial charge in [0.2, 0.25) is 0 Å². The number of carbonyl (C=O) groups excluding carboxylic acids is 1. The molecule has 0 spiro atoms. The van der Waals surface area contributed by atoms with Crippen LogP contribution in [0.15, 0.2) is 0 Å². The molecular weight excluding hydrogens is 442 g/mol. The smallest absolute Gasteiger partial charge is 0.134 e. The van der Waals surface area contributed by atoms with Crippen LogP contribution < -0.4 is 0 Å². The summed E-state index contributed by atoms with van der Waals surface area (Å²) < 4.78 is 0. The molecule has 4 heteroatoms. The maximum Gasteiger partial charge on any atom is 0.134 e. The summed E-state index contributed by atoms with van der Waals surface area (Å²) in [5, 5.41) is 0. The number of likely N-dealkylation sites (tertiary alicyclic amines) is 3. The van der Waals surface area contributed by atoms with Gasteiger partial charge in [0.15, 0.2) is 0 Å². The first-order chi connectivity index (χ1) is 17.2. The van der Waals surface area contributed by atoms with E-state index >= 15 is 0 Å². The summed E-state index contributed by atoms with van der Waals surface area (Å²) in [6.45, 7) is 19.1. The second-order valence-electron chi connectivity index (χ2n) is 14.2. The summed E-state index contributed by atoms with van der Waals surface area (Å²) in [5.41, 5.74) is 0. The number of ketones is 1. The highest BCUT2D eigenvalue weighted by Gasteiger charge is 2.36. The molecule has 6 atom stereocenters. The Hall–Kier alpha value is -0.450. The lowest BCUT2D eigenvalue weighted by Crippen LogP contribution is -2.49. The van der Waals surface area contributed by atoms with Gasteiger partial charge in [-0.05, 0) is 136 Å². The van der Waals surface area contributed by atoms with Crippen LogP contribution in [-0.2, 0) is 4.79 Å². The molecule has 4 nitrogen and oxygen atoms in total. The van der Waals surface area contributed by atoms with Crippen molar-refractivity contribution in [2.45, 2.75) is 149 Å². The maximum atomic E-state index is 11.4. The van der Waals surface area contributed by atoms with E-state index in [4.69, 9.17) is 0 Å². The molecule has 0 radical (unpaired) electrons. The highest BCUT2D eigenvalue weighted by atomic mass is 16.1. The molecule has 6 bridgehead atoms. The van der Waals surface area contributed by atoms with E-state index in [1.54, 1.807) is 0 Å². The Morgan fingerprint density at radius 2 is 1.17 bits per heavy atom. The van der Waals surface area contributed by atoms with Gasteiger partial charge in [0.05, 0.1) is 0 Å². The first kappa shape index (κ1) is 28.6. The van der Waals surface area contributed by atoms with E-state index in [1.165, 1.54) is 90.4 Å². The van der Waals surface area contributed by atoms with Crippen LogP contribution in [0.1, 0.15) is 119 Å². The second kappa shape index (κ2) is 13.1. The molecule has 3 saturated heterocycles. The van der Waals surface area contributed by atoms with E-state index in [2.05, 4.69) is 56.2 Å². The molecule has 3 saturated carbocycles. The molecule has 0 aromatic rings. The number of hydrogen-bond acceptors (Lipinski definition) is 4. The first-order valence-corrected chi connectivity index (χ1v) is 16.0. The van der Waals surface area contributed by atoms with Crippen LogP contribution in [0.4, 0.5) is 0 Å². The van der Waals surface area contributed by atoms with Gasteiger partial charge in [-0.25, -0.2) is 0 Å². The number of hydrogen-bond donors (Lipinski definition) is 0. The quantitative estimate of drug-likeness (QED) is 0.434. The van der Waals surface area contributed by atoms with Crippen LogP contribution in [0, 0.1) is 23.7 Å². The van der Waals surface area contributed by atoms with Crippen LogP contribution >= 0.6 is 0 Å². The van der Waals surface area contributed by atoms with E-state index in [0.717, 1.165) is 48.7 Å². The number of carbonyl (C=O) groups is 1. The normalized spacial score (nSPS) is 37.0. The minimum atomic E-state index is 0.492. The van der Waals surface area contributed by atoms with Crippen LogP contribution in [0.25, 0.3) is 0 Å². The third kappa shape index (κ3) is 7.56. The van der Waals surface area contributed by atoms with Gasteiger partial charge in [-0.1, -0.05) is 6.42 Å². The third-order valence-electron chi connectivity index (χ3n) is 10.6. The van der Waals surface area contributed by atoms with Gasteiger partial charge >= 0.3 is 0 Å². The van der Waals surface area contributed by atoms with Gasteiger partial charge < -0.3 is 4.90 Å². The van der Waals surface area contributed by atoms with Crippen molar-refractivity contribution < 1.29 is 4.79 Å². The molecule has 6 unspecified atom stereocenters. The molecule has 36 heavy (non-hydrogen) atoms. The third-order valence-corrected chi connectivity index (χ3v) is 10.6. The molecule has 208 valence electrons. The molecule has 0 amide bonds. The summed E-state index contributed by atoms with van der Waals surface area (Å²) in [6.07, 6.45) is 16.2. The van der Waals surface area contributed by atoms with Crippen molar-refractivity contribution in [3.05, 3.63) is 0 Å². The Bertz CT molecular complexity index is 679. The zero-order chi connectivity index (χ0) is 25.8. The largest absolute Gasteiger partial charge is 0.300 e. The lowest BCUT2D eigenvalue weighted by molar-refractivity contribution is -0.125. The van der Waals surface area contributed by atoms with E-state index in [-0.39, 0.29) is 0 Å². The topological polar surface area (TPSA) is 26.8 Å². The predicted molar refractivity (Wildman–Crippen MR) is 152 cm³/mol. The highest BCUT2D eigenvalue weighted by molar-refractivity contribution is 5.80. The molecule has 3 aliphatic carbocycles. The summed E-state index contributed by atoms with van der Waals surface area (Å²) in [5.74, 6) is 4.38. The first-order valence-electron chi connectivity index (χ1n) is 16.0. The van der Waals surface area contributed by atoms with Crippen LogP contribution in [0.5, 0.6) is 0 Å². The SMILES string of the molecule is CC(C)N1CC2CCCC(C2)C1.CC(C)N1CCC2CC(=O)CC1C2.CC(C)N1CCC2CCC1C2. The Labute approximate surface area is 223 Å². The lowest BCUT2D eigenvalue weighted by atomic mass is 9.77. The minimum absolute atomic E-state index is 0.492. The van der Waals surface area contributed by atoms with E-state index in [1.807, 2.05) is 0 Å². The molecule has 6 rings (SSSR count). The predicted octanol–water partition coefficient (Wildman–Crippen LogP) is 6.62. The molecule has 6 aliphatic rings. The zero-order valence-corrected chi connectivity index (χ0v) is 24.8. The van der Waals surface area contributed by atoms with Gasteiger partial charge in [-0.3, -0.25) is 14.6 Å². The number of nitrogens with zero attached hydrogens (tertiary/aromatic N) is 3. The summed E-state index contributed by atoms with van der Waals surface area (Å²) >= 11 is 0. The number of fused-ring (bicyclic) bond motifs is 6. The Morgan fingerprint density at radius 1 is 0.583 bits per heavy atom. The highest BCUT2D eigenvalue weighted by Crippen LogP contribution is 2.37. The number of Topliss-reactive ketones (excluding diaryl/α,β-unsaturated/α-hetero) is 1. The van der Waals surface area contributed by atoms with Gasteiger partial charge in [-0.15, -0.1) is 0 Å². The van der Waals surface area contributed by atoms with Crippen molar-refractivity contribution in [1.82, 2.24) is 14.7 Å². The van der Waals surface area contributed by atoms with Crippen molar-refractivity contribution >= 4 is 5.78 Å². The molecule has 0 aromatic carbocycles. The van der Waals surface area contributed by atoms with E-state index in [9.17, 15) is 4.79 Å². The molecule has 3 aliphatic heterocycles. The van der Waals surface area contributed by atoms with Crippen molar-refractivity contribution in [1.29, 1.82) is 0 Å². The van der Waals surface area contributed by atoms with Crippen molar-refractivity contribution in [2.24, 2.45) is 23.7 Å².